The van der Waals surface area contributed by atoms with E-state index in [1.807, 2.05) is 9.76 Å². The number of rotatable bonds is 3. The van der Waals surface area contributed by atoms with Crippen molar-refractivity contribution in [3.05, 3.63) is 74.1 Å². The second kappa shape index (κ2) is 12.2. The van der Waals surface area contributed by atoms with Crippen LogP contribution in [0, 0.1) is 28.6 Å². The monoisotopic (exact) mass is 732 g/mol. The van der Waals surface area contributed by atoms with Crippen LogP contribution in [0.15, 0.2) is 51.8 Å². The Labute approximate surface area is 300 Å². The van der Waals surface area contributed by atoms with Crippen molar-refractivity contribution < 1.29 is 46.1 Å². The summed E-state index contributed by atoms with van der Waals surface area (Å²) < 4.78 is 5.69. The summed E-state index contributed by atoms with van der Waals surface area (Å²) in [6.45, 7) is 17.1. The van der Waals surface area contributed by atoms with Crippen LogP contribution < -0.4 is 28.1 Å². The van der Waals surface area contributed by atoms with Crippen LogP contribution in [0.2, 0.25) is 0 Å². The largest absolute Gasteiger partial charge is 1.00 e. The van der Waals surface area contributed by atoms with Gasteiger partial charge in [-0.15, -0.1) is 0 Å². The number of benzene rings is 2. The Balaban J connectivity index is 0.00000186. The molecule has 246 valence electrons. The van der Waals surface area contributed by atoms with Gasteiger partial charge < -0.3 is 24.8 Å². The normalized spacial score (nSPS) is 30.6. The number of allylic oxidation sites excluding steroid dienone is 4. The molecule has 2 aromatic rings. The van der Waals surface area contributed by atoms with Gasteiger partial charge in [0.1, 0.15) is 0 Å². The van der Waals surface area contributed by atoms with Gasteiger partial charge in [0.25, 0.3) is 0 Å². The van der Waals surface area contributed by atoms with Crippen molar-refractivity contribution in [3.8, 4) is 11.1 Å². The van der Waals surface area contributed by atoms with Crippen LogP contribution in [-0.4, -0.2) is 3.21 Å². The minimum atomic E-state index is -2.36. The zero-order valence-corrected chi connectivity index (χ0v) is 33.6. The van der Waals surface area contributed by atoms with Crippen LogP contribution >= 0.6 is 0 Å². The molecular formula is C43H56Cl2Zr. The Morgan fingerprint density at radius 3 is 1.89 bits per heavy atom. The summed E-state index contributed by atoms with van der Waals surface area (Å²) in [5, 5.41) is 0. The molecule has 0 saturated heterocycles. The number of halogens is 2. The minimum Gasteiger partial charge on any atom is -1.00 e. The Morgan fingerprint density at radius 1 is 0.717 bits per heavy atom. The average molecular weight is 735 g/mol. The SMILES string of the molecule is CC(C)(C)c1ccc2c(c1)-c1cc(C(C)(C)C)c[c]([Zr+2]([C]3=CC(C)(C45CC6CC(CC(C6)C4)C5)C=C3)=[C]3CCCCC3)c1C2.[Cl-].[Cl-]. The molecule has 2 aromatic carbocycles. The van der Waals surface area contributed by atoms with Gasteiger partial charge in [0.15, 0.2) is 0 Å². The standard InChI is InChI=1S/C21H25.C16H21.C6H10.2ClH.Zr/c1-20(2,3)16-9-7-14-11-15-8-10-17(21(4,5)6)13-19(15)18(14)12-16;1-15(4-2-3-5-15)16-9-12-6-13(10-16)8-14(7-12)11-16;1-2-4-6-5-3-1;;;/h7,9-10,12-13H,11H2,1-6H3;2,4-5,12-14H,6-11H2,1H3;1-5H2;2*1H;/q;;;;;+2/p-2. The van der Waals surface area contributed by atoms with E-state index in [1.165, 1.54) is 81.8 Å². The van der Waals surface area contributed by atoms with E-state index in [0.29, 0.717) is 5.41 Å². The molecule has 0 radical (unpaired) electrons. The van der Waals surface area contributed by atoms with Crippen LogP contribution in [-0.2, 0) is 38.5 Å². The summed E-state index contributed by atoms with van der Waals surface area (Å²) in [5.41, 5.74) is 10.5. The third-order valence-corrected chi connectivity index (χ3v) is 20.9. The van der Waals surface area contributed by atoms with E-state index in [0.717, 1.165) is 24.2 Å². The van der Waals surface area contributed by atoms with Gasteiger partial charge in [-0.1, -0.05) is 0 Å². The van der Waals surface area contributed by atoms with Crippen LogP contribution in [0.25, 0.3) is 11.1 Å². The molecule has 1 unspecified atom stereocenters. The molecule has 1 atom stereocenters. The van der Waals surface area contributed by atoms with Crippen molar-refractivity contribution in [1.29, 1.82) is 0 Å². The first kappa shape index (κ1) is 35.1. The van der Waals surface area contributed by atoms with Gasteiger partial charge in [-0.05, 0) is 0 Å². The average Bonchev–Trinajstić information content (AvgIpc) is 3.53. The van der Waals surface area contributed by atoms with E-state index >= 15 is 0 Å². The number of fused-ring (bicyclic) bond motifs is 3. The smallest absolute Gasteiger partial charge is 1.00 e. The second-order valence-electron chi connectivity index (χ2n) is 18.6. The summed E-state index contributed by atoms with van der Waals surface area (Å²) in [4.78, 5) is 0. The molecule has 5 fully saturated rings. The molecule has 0 aliphatic heterocycles. The second-order valence-corrected chi connectivity index (χ2v) is 24.9. The van der Waals surface area contributed by atoms with E-state index in [9.17, 15) is 0 Å². The maximum atomic E-state index is 2.94. The van der Waals surface area contributed by atoms with E-state index in [2.05, 4.69) is 97.0 Å². The Morgan fingerprint density at radius 2 is 1.30 bits per heavy atom. The molecule has 3 heteroatoms. The van der Waals surface area contributed by atoms with E-state index in [1.54, 1.807) is 22.3 Å². The summed E-state index contributed by atoms with van der Waals surface area (Å²) >= 11 is -2.36. The summed E-state index contributed by atoms with van der Waals surface area (Å²) in [7, 11) is 0. The van der Waals surface area contributed by atoms with Gasteiger partial charge in [-0.3, -0.25) is 0 Å². The number of hydrogen-bond donors (Lipinski definition) is 0. The van der Waals surface area contributed by atoms with Gasteiger partial charge >= 0.3 is 278 Å². The molecule has 0 aromatic heterocycles. The topological polar surface area (TPSA) is 0 Å². The minimum absolute atomic E-state index is 0. The predicted octanol–water partition coefficient (Wildman–Crippen LogP) is 4.92. The quantitative estimate of drug-likeness (QED) is 0.359. The van der Waals surface area contributed by atoms with Crippen LogP contribution in [0.1, 0.15) is 141 Å². The van der Waals surface area contributed by atoms with E-state index in [4.69, 9.17) is 0 Å². The third-order valence-electron chi connectivity index (χ3n) is 13.4. The van der Waals surface area contributed by atoms with Crippen molar-refractivity contribution in [2.45, 2.75) is 136 Å². The first-order valence-electron chi connectivity index (χ1n) is 18.3. The Bertz CT molecular complexity index is 1580. The Kier molecular flexibility index (Phi) is 9.34. The maximum Gasteiger partial charge on any atom is -1.00 e. The molecule has 7 aliphatic carbocycles. The predicted molar refractivity (Wildman–Crippen MR) is 186 cm³/mol. The Hall–Kier alpha value is -0.747. The molecule has 0 amide bonds. The van der Waals surface area contributed by atoms with Crippen molar-refractivity contribution in [3.63, 3.8) is 0 Å². The molecule has 46 heavy (non-hydrogen) atoms. The van der Waals surface area contributed by atoms with Crippen molar-refractivity contribution >= 4 is 6.48 Å². The molecule has 0 spiro atoms. The van der Waals surface area contributed by atoms with Gasteiger partial charge in [0.05, 0.1) is 0 Å². The fourth-order valence-corrected chi connectivity index (χ4v) is 19.6. The van der Waals surface area contributed by atoms with Crippen molar-refractivity contribution in [2.24, 2.45) is 28.6 Å². The third kappa shape index (κ3) is 5.81. The zero-order valence-electron chi connectivity index (χ0n) is 29.6. The molecule has 4 bridgehead atoms. The van der Waals surface area contributed by atoms with Crippen molar-refractivity contribution in [1.82, 2.24) is 0 Å². The summed E-state index contributed by atoms with van der Waals surface area (Å²) in [6, 6.07) is 12.8. The van der Waals surface area contributed by atoms with Gasteiger partial charge in [0.2, 0.25) is 0 Å². The molecule has 7 aliphatic rings. The van der Waals surface area contributed by atoms with Gasteiger partial charge in [-0.25, -0.2) is 0 Å². The van der Waals surface area contributed by atoms with Crippen molar-refractivity contribution in [2.75, 3.05) is 0 Å². The molecule has 9 rings (SSSR count). The van der Waals surface area contributed by atoms with Crippen LogP contribution in [0.4, 0.5) is 0 Å². The fourth-order valence-electron chi connectivity index (χ4n) is 11.1. The van der Waals surface area contributed by atoms with Crippen LogP contribution in [0.3, 0.4) is 0 Å². The molecule has 0 nitrogen and oxygen atoms in total. The molecule has 5 saturated carbocycles. The first-order valence-corrected chi connectivity index (χ1v) is 22.0. The first-order chi connectivity index (χ1) is 20.8. The zero-order chi connectivity index (χ0) is 30.6. The van der Waals surface area contributed by atoms with Gasteiger partial charge in [-0.2, -0.15) is 0 Å². The van der Waals surface area contributed by atoms with Crippen LogP contribution in [0.5, 0.6) is 0 Å². The number of hydrogen-bond acceptors (Lipinski definition) is 0. The van der Waals surface area contributed by atoms with Gasteiger partial charge in [0, 0.05) is 0 Å². The summed E-state index contributed by atoms with van der Waals surface area (Å²) in [6.07, 6.45) is 25.7. The maximum absolute atomic E-state index is 2.94. The molecule has 0 heterocycles. The van der Waals surface area contributed by atoms with E-state index in [-0.39, 0.29) is 41.1 Å². The fraction of sp³-hybridized carbons (Fsp3) is 0.605. The molecular weight excluding hydrogens is 679 g/mol. The molecule has 0 N–H and O–H groups in total. The summed E-state index contributed by atoms with van der Waals surface area (Å²) in [5.74, 6) is 3.04. The van der Waals surface area contributed by atoms with E-state index < -0.39 is 21.3 Å².